The maximum absolute atomic E-state index is 2.43. The van der Waals surface area contributed by atoms with E-state index in [0.29, 0.717) is 0 Å². The summed E-state index contributed by atoms with van der Waals surface area (Å²) in [4.78, 5) is 7.08. The summed E-state index contributed by atoms with van der Waals surface area (Å²) in [5, 5.41) is 7.21. The van der Waals surface area contributed by atoms with E-state index in [1.54, 1.807) is 0 Å². The predicted octanol–water partition coefficient (Wildman–Crippen LogP) is 22.5. The van der Waals surface area contributed by atoms with Crippen molar-refractivity contribution >= 4 is 94.5 Å². The van der Waals surface area contributed by atoms with Crippen LogP contribution in [-0.4, -0.2) is 4.57 Å². The summed E-state index contributed by atoms with van der Waals surface area (Å²) in [6.07, 6.45) is 0. The van der Waals surface area contributed by atoms with Crippen molar-refractivity contribution in [3.8, 4) is 39.1 Å². The van der Waals surface area contributed by atoms with Gasteiger partial charge in [0.2, 0.25) is 0 Å². The molecule has 4 nitrogen and oxygen atoms in total. The fraction of sp³-hybridized carbons (Fsp3) is 0. The average molecular weight is 1070 g/mol. The third-order valence-electron chi connectivity index (χ3n) is 16.3. The summed E-state index contributed by atoms with van der Waals surface area (Å²) in [5.41, 5.74) is 20.4. The Hall–Kier alpha value is -11.2. The molecule has 1 heterocycles. The second-order valence-electron chi connectivity index (χ2n) is 21.3. The Labute approximate surface area is 489 Å². The lowest BCUT2D eigenvalue weighted by Gasteiger charge is -2.28. The molecule has 0 aliphatic carbocycles. The van der Waals surface area contributed by atoms with Crippen LogP contribution >= 0.6 is 0 Å². The van der Waals surface area contributed by atoms with E-state index in [1.807, 2.05) is 0 Å². The first-order chi connectivity index (χ1) is 41.7. The van der Waals surface area contributed by atoms with Crippen molar-refractivity contribution in [2.24, 2.45) is 0 Å². The summed E-state index contributed by atoms with van der Waals surface area (Å²) in [6, 6.07) is 123. The maximum Gasteiger partial charge on any atom is 0.0547 e. The first-order valence-electron chi connectivity index (χ1n) is 28.7. The molecule has 0 bridgehead atoms. The van der Waals surface area contributed by atoms with Gasteiger partial charge in [0.25, 0.3) is 0 Å². The molecule has 0 spiro atoms. The van der Waals surface area contributed by atoms with Crippen molar-refractivity contribution in [2.45, 2.75) is 0 Å². The zero-order valence-electron chi connectivity index (χ0n) is 46.1. The highest BCUT2D eigenvalue weighted by Gasteiger charge is 2.22. The Morgan fingerprint density at radius 1 is 0.214 bits per heavy atom. The van der Waals surface area contributed by atoms with Crippen molar-refractivity contribution in [1.82, 2.24) is 4.57 Å². The van der Waals surface area contributed by atoms with E-state index in [1.165, 1.54) is 43.4 Å². The van der Waals surface area contributed by atoms with Crippen LogP contribution in [0.1, 0.15) is 0 Å². The van der Waals surface area contributed by atoms with Crippen LogP contribution in [0.5, 0.6) is 0 Å². The van der Waals surface area contributed by atoms with Gasteiger partial charge in [0, 0.05) is 67.0 Å². The van der Waals surface area contributed by atoms with Gasteiger partial charge in [-0.05, 0) is 172 Å². The second kappa shape index (κ2) is 21.7. The standard InChI is InChI=1S/C80H56N4/c1-5-24-64(25-6-1)81(65-26-7-2-8-27-65)68-47-39-57(40-48-68)60-45-53-71(54-46-60)84-77-36-18-17-34-75(77)80-74(35-20-38-78(80)84)63-55-62-22-14-16-33-73(62)79(56-63)83(67-30-11-4-12-31-67)70-51-43-59(44-52-70)58-41-49-69(50-42-58)82(66-28-9-3-10-29-66)76-37-19-23-61-21-13-15-32-72(61)76/h1-56H. The van der Waals surface area contributed by atoms with Crippen molar-refractivity contribution in [2.75, 3.05) is 14.7 Å². The minimum absolute atomic E-state index is 1.07. The van der Waals surface area contributed by atoms with E-state index < -0.39 is 0 Å². The van der Waals surface area contributed by atoms with Crippen LogP contribution in [0.3, 0.4) is 0 Å². The quantitative estimate of drug-likeness (QED) is 0.114. The normalized spacial score (nSPS) is 11.3. The van der Waals surface area contributed by atoms with Gasteiger partial charge in [-0.3, -0.25) is 0 Å². The lowest BCUT2D eigenvalue weighted by molar-refractivity contribution is 1.18. The number of rotatable bonds is 13. The van der Waals surface area contributed by atoms with Gasteiger partial charge in [-0.25, -0.2) is 0 Å². The monoisotopic (exact) mass is 1070 g/mol. The highest BCUT2D eigenvalue weighted by atomic mass is 15.2. The Morgan fingerprint density at radius 2 is 0.583 bits per heavy atom. The number of hydrogen-bond acceptors (Lipinski definition) is 3. The molecule has 396 valence electrons. The lowest BCUT2D eigenvalue weighted by Crippen LogP contribution is -2.10. The third-order valence-corrected chi connectivity index (χ3v) is 16.3. The molecule has 0 unspecified atom stereocenters. The van der Waals surface area contributed by atoms with Gasteiger partial charge in [-0.1, -0.05) is 212 Å². The number of benzene rings is 14. The molecule has 0 amide bonds. The van der Waals surface area contributed by atoms with E-state index in [4.69, 9.17) is 0 Å². The molecule has 0 aliphatic heterocycles. The molecule has 15 aromatic rings. The van der Waals surface area contributed by atoms with Gasteiger partial charge in [0.1, 0.15) is 0 Å². The number of anilines is 9. The van der Waals surface area contributed by atoms with Crippen molar-refractivity contribution < 1.29 is 0 Å². The van der Waals surface area contributed by atoms with Gasteiger partial charge in [0.05, 0.1) is 22.4 Å². The SMILES string of the molecule is c1ccc(N(c2ccccc2)c2ccc(-c3ccc(-n4c5ccccc5c5c(-c6cc(N(c7ccccc7)c7ccc(-c8ccc(N(c9ccccc9)c9cccc%10ccccc9%10)cc8)cc7)c7ccccc7c6)cccc54)cc3)cc2)cc1. The van der Waals surface area contributed by atoms with Gasteiger partial charge in [0.15, 0.2) is 0 Å². The van der Waals surface area contributed by atoms with Crippen LogP contribution in [0.2, 0.25) is 0 Å². The van der Waals surface area contributed by atoms with Gasteiger partial charge in [-0.15, -0.1) is 0 Å². The number of hydrogen-bond donors (Lipinski definition) is 0. The molecule has 0 N–H and O–H groups in total. The fourth-order valence-electron chi connectivity index (χ4n) is 12.4. The summed E-state index contributed by atoms with van der Waals surface area (Å²) < 4.78 is 2.43. The average Bonchev–Trinajstić information content (AvgIpc) is 2.90. The Kier molecular flexibility index (Phi) is 12.9. The molecule has 0 saturated carbocycles. The number of nitrogens with zero attached hydrogens (tertiary/aromatic N) is 4. The number of aromatic nitrogens is 1. The minimum atomic E-state index is 1.07. The van der Waals surface area contributed by atoms with E-state index >= 15 is 0 Å². The largest absolute Gasteiger partial charge is 0.311 e. The van der Waals surface area contributed by atoms with Crippen LogP contribution in [0.25, 0.3) is 82.4 Å². The Bertz CT molecular complexity index is 4750. The summed E-state index contributed by atoms with van der Waals surface area (Å²) in [7, 11) is 0. The molecule has 0 atom stereocenters. The molecule has 4 heteroatoms. The van der Waals surface area contributed by atoms with Crippen molar-refractivity contribution in [3.63, 3.8) is 0 Å². The maximum atomic E-state index is 2.43. The van der Waals surface area contributed by atoms with Gasteiger partial charge in [-0.2, -0.15) is 0 Å². The van der Waals surface area contributed by atoms with Crippen LogP contribution in [0.4, 0.5) is 51.2 Å². The molecule has 0 aliphatic rings. The van der Waals surface area contributed by atoms with Crippen LogP contribution in [0.15, 0.2) is 340 Å². The summed E-state index contributed by atoms with van der Waals surface area (Å²) in [6.45, 7) is 0. The third kappa shape index (κ3) is 9.18. The lowest BCUT2D eigenvalue weighted by atomic mass is 9.95. The number of fused-ring (bicyclic) bond motifs is 5. The number of para-hydroxylation sites is 5. The van der Waals surface area contributed by atoms with E-state index in [0.717, 1.165) is 90.2 Å². The topological polar surface area (TPSA) is 14.7 Å². The van der Waals surface area contributed by atoms with Gasteiger partial charge >= 0.3 is 0 Å². The second-order valence-corrected chi connectivity index (χ2v) is 21.3. The smallest absolute Gasteiger partial charge is 0.0547 e. The summed E-state index contributed by atoms with van der Waals surface area (Å²) in [5.74, 6) is 0. The molecule has 15 rings (SSSR count). The van der Waals surface area contributed by atoms with Gasteiger partial charge < -0.3 is 19.3 Å². The van der Waals surface area contributed by atoms with E-state index in [2.05, 4.69) is 359 Å². The van der Waals surface area contributed by atoms with Crippen molar-refractivity contribution in [1.29, 1.82) is 0 Å². The minimum Gasteiger partial charge on any atom is -0.311 e. The molecule has 0 saturated heterocycles. The molecular weight excluding hydrogens is 1020 g/mol. The fourth-order valence-corrected chi connectivity index (χ4v) is 12.4. The molecule has 0 radical (unpaired) electrons. The van der Waals surface area contributed by atoms with E-state index in [-0.39, 0.29) is 0 Å². The highest BCUT2D eigenvalue weighted by molar-refractivity contribution is 6.17. The molecule has 0 fully saturated rings. The van der Waals surface area contributed by atoms with Crippen LogP contribution in [0, 0.1) is 0 Å². The predicted molar refractivity (Wildman–Crippen MR) is 356 cm³/mol. The van der Waals surface area contributed by atoms with Crippen LogP contribution < -0.4 is 14.7 Å². The van der Waals surface area contributed by atoms with E-state index in [9.17, 15) is 0 Å². The molecular formula is C80H56N4. The molecule has 84 heavy (non-hydrogen) atoms. The van der Waals surface area contributed by atoms with Crippen molar-refractivity contribution in [3.05, 3.63) is 340 Å². The first-order valence-corrected chi connectivity index (χ1v) is 28.7. The zero-order chi connectivity index (χ0) is 55.8. The first kappa shape index (κ1) is 49.8. The van der Waals surface area contributed by atoms with Crippen LogP contribution in [-0.2, 0) is 0 Å². The Morgan fingerprint density at radius 3 is 1.12 bits per heavy atom. The Balaban J connectivity index is 0.778. The zero-order valence-corrected chi connectivity index (χ0v) is 46.1. The molecule has 14 aromatic carbocycles. The molecule has 1 aromatic heterocycles. The highest BCUT2D eigenvalue weighted by Crippen LogP contribution is 2.46. The summed E-state index contributed by atoms with van der Waals surface area (Å²) >= 11 is 0.